The fraction of sp³-hybridized carbons (Fsp3) is 0.348. The maximum atomic E-state index is 11.9. The molecule has 0 unspecified atom stereocenters. The second kappa shape index (κ2) is 13.2. The number of thioether (sulfide) groups is 1. The number of nitrogens with zero attached hydrogens (tertiary/aromatic N) is 1. The van der Waals surface area contributed by atoms with Gasteiger partial charge < -0.3 is 14.8 Å². The number of halogens is 1. The highest BCUT2D eigenvalue weighted by Crippen LogP contribution is 2.17. The maximum Gasteiger partial charge on any atom is 0.258 e. The van der Waals surface area contributed by atoms with E-state index < -0.39 is 0 Å². The van der Waals surface area contributed by atoms with Crippen molar-refractivity contribution < 1.29 is 19.1 Å². The summed E-state index contributed by atoms with van der Waals surface area (Å²) in [4.78, 5) is 23.8. The highest BCUT2D eigenvalue weighted by molar-refractivity contribution is 9.10. The third-order valence-corrected chi connectivity index (χ3v) is 6.09. The minimum atomic E-state index is -0.174. The number of amides is 2. The van der Waals surface area contributed by atoms with Crippen molar-refractivity contribution in [1.29, 1.82) is 0 Å². The molecule has 1 atom stereocenters. The molecule has 0 aliphatic carbocycles. The zero-order chi connectivity index (χ0) is 22.6. The summed E-state index contributed by atoms with van der Waals surface area (Å²) in [7, 11) is 0. The van der Waals surface area contributed by atoms with Crippen LogP contribution < -0.4 is 15.5 Å². The van der Waals surface area contributed by atoms with E-state index in [0.717, 1.165) is 40.8 Å². The standard InChI is InChI=1S/C23H26BrN3O4S/c24-19-4-1-3-18(11-19)15-32-16-23(29)27-26-12-17-6-8-20(9-7-17)31-14-22(28)25-13-21-5-2-10-30-21/h1,3-4,6-9,11-12,21H,2,5,10,13-16H2,(H,25,28)(H,27,29)/b26-12-/t21-/m0/s1. The Morgan fingerprint density at radius 1 is 1.22 bits per heavy atom. The number of carbonyl (C=O) groups is 2. The van der Waals surface area contributed by atoms with E-state index in [1.54, 1.807) is 30.5 Å². The summed E-state index contributed by atoms with van der Waals surface area (Å²) in [5.41, 5.74) is 4.49. The molecule has 0 spiro atoms. The van der Waals surface area contributed by atoms with Gasteiger partial charge in [-0.15, -0.1) is 11.8 Å². The van der Waals surface area contributed by atoms with Gasteiger partial charge in [0.25, 0.3) is 5.91 Å². The Hall–Kier alpha value is -2.36. The number of carbonyl (C=O) groups excluding carboxylic acids is 2. The SMILES string of the molecule is O=C(COc1ccc(/C=N\NC(=O)CSCc2cccc(Br)c2)cc1)NC[C@@H]1CCCO1. The highest BCUT2D eigenvalue weighted by atomic mass is 79.9. The van der Waals surface area contributed by atoms with Crippen molar-refractivity contribution in [3.63, 3.8) is 0 Å². The van der Waals surface area contributed by atoms with Crippen molar-refractivity contribution in [2.45, 2.75) is 24.7 Å². The average Bonchev–Trinajstić information content (AvgIpc) is 3.31. The van der Waals surface area contributed by atoms with Gasteiger partial charge >= 0.3 is 0 Å². The van der Waals surface area contributed by atoms with Gasteiger partial charge in [0.05, 0.1) is 18.1 Å². The molecule has 7 nitrogen and oxygen atoms in total. The monoisotopic (exact) mass is 519 g/mol. The molecule has 1 heterocycles. The van der Waals surface area contributed by atoms with Gasteiger partial charge in [0.2, 0.25) is 5.91 Å². The zero-order valence-electron chi connectivity index (χ0n) is 17.6. The number of hydrazone groups is 1. The van der Waals surface area contributed by atoms with Gasteiger partial charge in [-0.25, -0.2) is 5.43 Å². The number of hydrogen-bond acceptors (Lipinski definition) is 6. The highest BCUT2D eigenvalue weighted by Gasteiger charge is 2.16. The topological polar surface area (TPSA) is 89.0 Å². The summed E-state index contributed by atoms with van der Waals surface area (Å²) in [5.74, 6) is 1.33. The molecule has 0 aromatic heterocycles. The van der Waals surface area contributed by atoms with E-state index in [1.165, 1.54) is 11.8 Å². The van der Waals surface area contributed by atoms with E-state index in [9.17, 15) is 9.59 Å². The number of nitrogens with one attached hydrogen (secondary N) is 2. The first-order valence-electron chi connectivity index (χ1n) is 10.3. The summed E-state index contributed by atoms with van der Waals surface area (Å²) in [5, 5.41) is 6.80. The van der Waals surface area contributed by atoms with Crippen LogP contribution in [0.25, 0.3) is 0 Å². The molecule has 1 saturated heterocycles. The Morgan fingerprint density at radius 2 is 2.06 bits per heavy atom. The molecular weight excluding hydrogens is 494 g/mol. The fourth-order valence-corrected chi connectivity index (χ4v) is 4.20. The van der Waals surface area contributed by atoms with Crippen LogP contribution in [0.4, 0.5) is 0 Å². The normalized spacial score (nSPS) is 15.6. The van der Waals surface area contributed by atoms with E-state index >= 15 is 0 Å². The van der Waals surface area contributed by atoms with E-state index in [-0.39, 0.29) is 24.5 Å². The summed E-state index contributed by atoms with van der Waals surface area (Å²) in [6, 6.07) is 15.1. The van der Waals surface area contributed by atoms with Crippen LogP contribution in [0.5, 0.6) is 5.75 Å². The van der Waals surface area contributed by atoms with Crippen LogP contribution in [-0.2, 0) is 20.1 Å². The minimum absolute atomic E-state index is 0.0478. The van der Waals surface area contributed by atoms with Crippen molar-refractivity contribution in [1.82, 2.24) is 10.7 Å². The summed E-state index contributed by atoms with van der Waals surface area (Å²) < 4.78 is 12.0. The molecule has 32 heavy (non-hydrogen) atoms. The van der Waals surface area contributed by atoms with E-state index in [2.05, 4.69) is 31.8 Å². The molecule has 9 heteroatoms. The predicted octanol–water partition coefficient (Wildman–Crippen LogP) is 3.51. The van der Waals surface area contributed by atoms with Gasteiger partial charge in [-0.05, 0) is 60.4 Å². The van der Waals surface area contributed by atoms with Gasteiger partial charge in [0, 0.05) is 23.4 Å². The Balaban J connectivity index is 1.31. The Labute approximate surface area is 200 Å². The first kappa shape index (κ1) is 24.3. The molecule has 0 saturated carbocycles. The van der Waals surface area contributed by atoms with Crippen LogP contribution >= 0.6 is 27.7 Å². The summed E-state index contributed by atoms with van der Waals surface area (Å²) >= 11 is 4.97. The Bertz CT molecular complexity index is 918. The lowest BCUT2D eigenvalue weighted by Gasteiger charge is -2.11. The smallest absolute Gasteiger partial charge is 0.258 e. The molecule has 2 aromatic rings. The molecule has 2 amide bonds. The summed E-state index contributed by atoms with van der Waals surface area (Å²) in [6.45, 7) is 1.24. The molecule has 170 valence electrons. The second-order valence-electron chi connectivity index (χ2n) is 7.21. The first-order chi connectivity index (χ1) is 15.6. The van der Waals surface area contributed by atoms with Crippen LogP contribution in [0.1, 0.15) is 24.0 Å². The van der Waals surface area contributed by atoms with Crippen LogP contribution in [0.3, 0.4) is 0 Å². The van der Waals surface area contributed by atoms with Crippen LogP contribution in [0, 0.1) is 0 Å². The minimum Gasteiger partial charge on any atom is -0.484 e. The molecular formula is C23H26BrN3O4S. The zero-order valence-corrected chi connectivity index (χ0v) is 20.0. The molecule has 1 aliphatic rings. The van der Waals surface area contributed by atoms with Crippen LogP contribution in [0.2, 0.25) is 0 Å². The summed E-state index contributed by atoms with van der Waals surface area (Å²) in [6.07, 6.45) is 3.70. The van der Waals surface area contributed by atoms with Crippen molar-refractivity contribution in [3.05, 3.63) is 64.1 Å². The lowest BCUT2D eigenvalue weighted by Crippen LogP contribution is -2.35. The number of hydrogen-bond donors (Lipinski definition) is 2. The lowest BCUT2D eigenvalue weighted by atomic mass is 10.2. The second-order valence-corrected chi connectivity index (χ2v) is 9.11. The molecule has 0 bridgehead atoms. The van der Waals surface area contributed by atoms with E-state index in [4.69, 9.17) is 9.47 Å². The number of benzene rings is 2. The van der Waals surface area contributed by atoms with Crippen molar-refractivity contribution in [2.75, 3.05) is 25.5 Å². The van der Waals surface area contributed by atoms with Crippen molar-refractivity contribution >= 4 is 45.7 Å². The molecule has 2 N–H and O–H groups in total. The van der Waals surface area contributed by atoms with Crippen LogP contribution in [-0.4, -0.2) is 49.6 Å². The Kier molecular flexibility index (Phi) is 10.1. The van der Waals surface area contributed by atoms with Gasteiger partial charge in [-0.2, -0.15) is 5.10 Å². The molecule has 1 aliphatic heterocycles. The van der Waals surface area contributed by atoms with Crippen molar-refractivity contribution in [3.8, 4) is 5.75 Å². The third kappa shape index (κ3) is 9.02. The van der Waals surface area contributed by atoms with Gasteiger partial charge in [0.1, 0.15) is 5.75 Å². The first-order valence-corrected chi connectivity index (χ1v) is 12.3. The quantitative estimate of drug-likeness (QED) is 0.350. The van der Waals surface area contributed by atoms with Gasteiger partial charge in [0.15, 0.2) is 6.61 Å². The largest absolute Gasteiger partial charge is 0.484 e. The van der Waals surface area contributed by atoms with Gasteiger partial charge in [-0.3, -0.25) is 9.59 Å². The molecule has 1 fully saturated rings. The molecule has 2 aromatic carbocycles. The average molecular weight is 520 g/mol. The molecule has 0 radical (unpaired) electrons. The maximum absolute atomic E-state index is 11.9. The fourth-order valence-electron chi connectivity index (χ4n) is 2.98. The molecule has 3 rings (SSSR count). The van der Waals surface area contributed by atoms with Gasteiger partial charge in [-0.1, -0.05) is 28.1 Å². The third-order valence-electron chi connectivity index (χ3n) is 4.59. The number of ether oxygens (including phenoxy) is 2. The Morgan fingerprint density at radius 3 is 2.81 bits per heavy atom. The number of rotatable bonds is 11. The van der Waals surface area contributed by atoms with Crippen LogP contribution in [0.15, 0.2) is 58.1 Å². The van der Waals surface area contributed by atoms with E-state index in [1.807, 2.05) is 24.3 Å². The predicted molar refractivity (Wildman–Crippen MR) is 130 cm³/mol. The van der Waals surface area contributed by atoms with Crippen molar-refractivity contribution in [2.24, 2.45) is 5.10 Å². The van der Waals surface area contributed by atoms with E-state index in [0.29, 0.717) is 18.0 Å². The lowest BCUT2D eigenvalue weighted by molar-refractivity contribution is -0.123.